The molecular weight excluding hydrogens is 685 g/mol. The summed E-state index contributed by atoms with van der Waals surface area (Å²) in [6, 6.07) is 71.3. The second-order valence-electron chi connectivity index (χ2n) is 14.5. The van der Waals surface area contributed by atoms with Crippen LogP contribution >= 0.6 is 11.3 Å². The van der Waals surface area contributed by atoms with E-state index in [1.165, 1.54) is 102 Å². The molecule has 0 saturated heterocycles. The number of thiophene rings is 1. The summed E-state index contributed by atoms with van der Waals surface area (Å²) in [7, 11) is 0. The molecule has 12 aromatic rings. The zero-order valence-electron chi connectivity index (χ0n) is 29.8. The molecule has 12 rings (SSSR count). The molecule has 0 radical (unpaired) electrons. The van der Waals surface area contributed by atoms with Gasteiger partial charge in [-0.05, 0) is 88.3 Å². The number of hydrogen-bond acceptors (Lipinski definition) is 1. The summed E-state index contributed by atoms with van der Waals surface area (Å²) in [6.07, 6.45) is 0. The molecule has 0 spiro atoms. The molecule has 3 heterocycles. The van der Waals surface area contributed by atoms with E-state index in [1.807, 2.05) is 11.3 Å². The highest BCUT2D eigenvalue weighted by atomic mass is 32.1. The van der Waals surface area contributed by atoms with Gasteiger partial charge in [0, 0.05) is 52.8 Å². The number of hydrogen-bond donors (Lipinski definition) is 0. The molecule has 0 bridgehead atoms. The van der Waals surface area contributed by atoms with Crippen molar-refractivity contribution in [2.45, 2.75) is 0 Å². The van der Waals surface area contributed by atoms with E-state index < -0.39 is 0 Å². The van der Waals surface area contributed by atoms with E-state index >= 15 is 0 Å². The number of benzene rings is 9. The Kier molecular flexibility index (Phi) is 6.54. The van der Waals surface area contributed by atoms with E-state index in [-0.39, 0.29) is 0 Å². The molecule has 0 fully saturated rings. The van der Waals surface area contributed by atoms with Crippen LogP contribution in [0.3, 0.4) is 0 Å². The summed E-state index contributed by atoms with van der Waals surface area (Å²) in [5.41, 5.74) is 12.1. The van der Waals surface area contributed by atoms with E-state index in [4.69, 9.17) is 0 Å². The summed E-state index contributed by atoms with van der Waals surface area (Å²) in [5.74, 6) is 0. The monoisotopic (exact) mass is 716 g/mol. The maximum absolute atomic E-state index is 2.45. The molecule has 256 valence electrons. The lowest BCUT2D eigenvalue weighted by molar-refractivity contribution is 1.18. The molecule has 0 amide bonds. The van der Waals surface area contributed by atoms with Crippen molar-refractivity contribution in [3.63, 3.8) is 0 Å². The standard InChI is InChI=1S/C52H32N2S/c1-2-11-33(12-3-1)34-21-25-38(26-22-34)53-48-29-24-37(32-44(48)51-49(53)30-27-42-41-17-7-9-20-50(41)55-52(42)51)36-23-28-47-43(31-36)40-16-6-8-18-46(40)54(47)45-19-10-14-35-13-4-5-15-39(35)45/h1-32H. The van der Waals surface area contributed by atoms with Crippen LogP contribution in [-0.2, 0) is 0 Å². The van der Waals surface area contributed by atoms with Gasteiger partial charge in [-0.2, -0.15) is 0 Å². The Balaban J connectivity index is 1.09. The first kappa shape index (κ1) is 30.5. The lowest BCUT2D eigenvalue weighted by Gasteiger charge is -2.12. The average Bonchev–Trinajstić information content (AvgIpc) is 3.91. The summed E-state index contributed by atoms with van der Waals surface area (Å²) >= 11 is 1.90. The van der Waals surface area contributed by atoms with E-state index in [0.717, 1.165) is 5.69 Å². The van der Waals surface area contributed by atoms with Gasteiger partial charge in [-0.1, -0.05) is 133 Å². The van der Waals surface area contributed by atoms with Crippen molar-refractivity contribution in [3.8, 4) is 33.6 Å². The zero-order chi connectivity index (χ0) is 36.0. The first-order valence-electron chi connectivity index (χ1n) is 18.8. The fourth-order valence-electron chi connectivity index (χ4n) is 8.99. The van der Waals surface area contributed by atoms with E-state index in [0.29, 0.717) is 0 Å². The number of para-hydroxylation sites is 1. The third-order valence-corrected chi connectivity index (χ3v) is 12.7. The maximum Gasteiger partial charge on any atom is 0.0555 e. The van der Waals surface area contributed by atoms with Crippen molar-refractivity contribution >= 4 is 85.9 Å². The van der Waals surface area contributed by atoms with Crippen LogP contribution in [0.15, 0.2) is 194 Å². The van der Waals surface area contributed by atoms with Crippen LogP contribution in [0.2, 0.25) is 0 Å². The summed E-state index contributed by atoms with van der Waals surface area (Å²) < 4.78 is 7.56. The van der Waals surface area contributed by atoms with Gasteiger partial charge in [0.15, 0.2) is 0 Å². The highest BCUT2D eigenvalue weighted by Gasteiger charge is 2.20. The van der Waals surface area contributed by atoms with Gasteiger partial charge in [0.1, 0.15) is 0 Å². The van der Waals surface area contributed by atoms with Crippen LogP contribution in [0.1, 0.15) is 0 Å². The SMILES string of the molecule is c1ccc(-c2ccc(-n3c4ccc(-c5ccc6c(c5)c5ccccc5n6-c5cccc6ccccc56)cc4c4c5sc6ccccc6c5ccc43)cc2)cc1. The second-order valence-corrected chi connectivity index (χ2v) is 15.5. The molecule has 0 saturated carbocycles. The number of fused-ring (bicyclic) bond motifs is 11. The molecule has 0 N–H and O–H groups in total. The van der Waals surface area contributed by atoms with Crippen LogP contribution in [0.4, 0.5) is 0 Å². The van der Waals surface area contributed by atoms with Gasteiger partial charge in [0.05, 0.1) is 27.8 Å². The molecule has 0 aliphatic carbocycles. The Hall–Kier alpha value is -6.94. The average molecular weight is 717 g/mol. The fraction of sp³-hybridized carbons (Fsp3) is 0. The van der Waals surface area contributed by atoms with Crippen LogP contribution < -0.4 is 0 Å². The molecule has 0 unspecified atom stereocenters. The topological polar surface area (TPSA) is 9.86 Å². The molecule has 3 aromatic heterocycles. The van der Waals surface area contributed by atoms with Crippen molar-refractivity contribution in [1.82, 2.24) is 9.13 Å². The van der Waals surface area contributed by atoms with Gasteiger partial charge in [0.2, 0.25) is 0 Å². The van der Waals surface area contributed by atoms with Crippen LogP contribution in [0.5, 0.6) is 0 Å². The van der Waals surface area contributed by atoms with Crippen molar-refractivity contribution in [1.29, 1.82) is 0 Å². The highest BCUT2D eigenvalue weighted by Crippen LogP contribution is 2.45. The number of rotatable bonds is 4. The Bertz CT molecular complexity index is 3470. The highest BCUT2D eigenvalue weighted by molar-refractivity contribution is 7.26. The molecular formula is C52H32N2S. The van der Waals surface area contributed by atoms with Crippen LogP contribution in [0, 0.1) is 0 Å². The molecule has 9 aromatic carbocycles. The second kappa shape index (κ2) is 11.8. The fourth-order valence-corrected chi connectivity index (χ4v) is 10.3. The van der Waals surface area contributed by atoms with Gasteiger partial charge in [-0.3, -0.25) is 0 Å². The lowest BCUT2D eigenvalue weighted by atomic mass is 10.00. The molecule has 0 aliphatic rings. The molecule has 2 nitrogen and oxygen atoms in total. The minimum atomic E-state index is 1.16. The van der Waals surface area contributed by atoms with Gasteiger partial charge in [0.25, 0.3) is 0 Å². The lowest BCUT2D eigenvalue weighted by Crippen LogP contribution is -1.95. The van der Waals surface area contributed by atoms with Crippen molar-refractivity contribution in [3.05, 3.63) is 194 Å². The molecule has 55 heavy (non-hydrogen) atoms. The Morgan fingerprint density at radius 3 is 1.76 bits per heavy atom. The molecule has 0 atom stereocenters. The van der Waals surface area contributed by atoms with E-state index in [2.05, 4.69) is 203 Å². The van der Waals surface area contributed by atoms with Crippen LogP contribution in [0.25, 0.3) is 108 Å². The summed E-state index contributed by atoms with van der Waals surface area (Å²) in [4.78, 5) is 0. The van der Waals surface area contributed by atoms with Gasteiger partial charge in [-0.15, -0.1) is 11.3 Å². The maximum atomic E-state index is 2.45. The van der Waals surface area contributed by atoms with Gasteiger partial charge in [-0.25, -0.2) is 0 Å². The largest absolute Gasteiger partial charge is 0.309 e. The van der Waals surface area contributed by atoms with Crippen molar-refractivity contribution in [2.75, 3.05) is 0 Å². The summed E-state index contributed by atoms with van der Waals surface area (Å²) in [5, 5.41) is 10.2. The van der Waals surface area contributed by atoms with Crippen molar-refractivity contribution in [2.24, 2.45) is 0 Å². The van der Waals surface area contributed by atoms with Crippen molar-refractivity contribution < 1.29 is 0 Å². The number of nitrogens with zero attached hydrogens (tertiary/aromatic N) is 2. The minimum Gasteiger partial charge on any atom is -0.309 e. The quantitative estimate of drug-likeness (QED) is 0.172. The first-order valence-corrected chi connectivity index (χ1v) is 19.7. The van der Waals surface area contributed by atoms with Crippen LogP contribution in [-0.4, -0.2) is 9.13 Å². The smallest absolute Gasteiger partial charge is 0.0555 e. The summed E-state index contributed by atoms with van der Waals surface area (Å²) in [6.45, 7) is 0. The number of aromatic nitrogens is 2. The Morgan fingerprint density at radius 2 is 0.927 bits per heavy atom. The Morgan fingerprint density at radius 1 is 0.327 bits per heavy atom. The minimum absolute atomic E-state index is 1.16. The normalized spacial score (nSPS) is 12.0. The molecule has 0 aliphatic heterocycles. The zero-order valence-corrected chi connectivity index (χ0v) is 30.6. The third-order valence-electron chi connectivity index (χ3n) is 11.5. The predicted molar refractivity (Wildman–Crippen MR) is 236 cm³/mol. The van der Waals surface area contributed by atoms with Gasteiger partial charge >= 0.3 is 0 Å². The predicted octanol–water partition coefficient (Wildman–Crippen LogP) is 14.7. The van der Waals surface area contributed by atoms with E-state index in [9.17, 15) is 0 Å². The first-order chi connectivity index (χ1) is 27.3. The molecule has 3 heteroatoms. The van der Waals surface area contributed by atoms with E-state index in [1.54, 1.807) is 0 Å². The van der Waals surface area contributed by atoms with Gasteiger partial charge < -0.3 is 9.13 Å². The Labute approximate surface area is 321 Å². The third kappa shape index (κ3) is 4.54.